The highest BCUT2D eigenvalue weighted by molar-refractivity contribution is 7.91. The molecular weight excluding hydrogens is 368 g/mol. The number of piperidine rings is 1. The van der Waals surface area contributed by atoms with Crippen LogP contribution in [0.2, 0.25) is 0 Å². The third kappa shape index (κ3) is 5.31. The normalized spacial score (nSPS) is 23.9. The molecule has 2 aliphatic rings. The van der Waals surface area contributed by atoms with E-state index in [1.54, 1.807) is 6.92 Å². The van der Waals surface area contributed by atoms with Gasteiger partial charge < -0.3 is 10.2 Å². The summed E-state index contributed by atoms with van der Waals surface area (Å²) in [4.78, 5) is 33.7. The fourth-order valence-electron chi connectivity index (χ4n) is 3.72. The van der Waals surface area contributed by atoms with E-state index in [0.29, 0.717) is 24.0 Å². The lowest BCUT2D eigenvalue weighted by Crippen LogP contribution is -2.36. The van der Waals surface area contributed by atoms with Crippen molar-refractivity contribution in [1.82, 2.24) is 15.3 Å². The molecule has 150 valence electrons. The lowest BCUT2D eigenvalue weighted by atomic mass is 10.00. The first-order valence-electron chi connectivity index (χ1n) is 9.58. The number of sulfone groups is 1. The summed E-state index contributed by atoms with van der Waals surface area (Å²) < 4.78 is 23.1. The number of nitrogens with zero attached hydrogens (tertiary/aromatic N) is 2. The molecule has 2 N–H and O–H groups in total. The van der Waals surface area contributed by atoms with Gasteiger partial charge in [-0.3, -0.25) is 14.6 Å². The minimum atomic E-state index is -2.99. The first-order valence-corrected chi connectivity index (χ1v) is 11.4. The monoisotopic (exact) mass is 396 g/mol. The Hall–Kier alpha value is -1.90. The fraction of sp³-hybridized carbons (Fsp3) is 0.722. The molecule has 0 bridgehead atoms. The summed E-state index contributed by atoms with van der Waals surface area (Å²) in [6.07, 6.45) is 2.84. The molecule has 2 atom stereocenters. The molecule has 0 aliphatic carbocycles. The van der Waals surface area contributed by atoms with E-state index in [1.807, 2.05) is 0 Å². The summed E-state index contributed by atoms with van der Waals surface area (Å²) in [6.45, 7) is 5.71. The Morgan fingerprint density at radius 2 is 2.07 bits per heavy atom. The number of anilines is 1. The average molecular weight is 397 g/mol. The molecule has 0 aromatic carbocycles. The fourth-order valence-corrected chi connectivity index (χ4v) is 5.59. The van der Waals surface area contributed by atoms with Gasteiger partial charge >= 0.3 is 0 Å². The van der Waals surface area contributed by atoms with Crippen molar-refractivity contribution >= 4 is 21.7 Å². The lowest BCUT2D eigenvalue weighted by molar-refractivity contribution is -0.122. The summed E-state index contributed by atoms with van der Waals surface area (Å²) >= 11 is 0. The van der Waals surface area contributed by atoms with Gasteiger partial charge in [0, 0.05) is 25.6 Å². The van der Waals surface area contributed by atoms with Gasteiger partial charge in [0.25, 0.3) is 5.56 Å². The summed E-state index contributed by atoms with van der Waals surface area (Å²) in [5, 5.41) is 2.85. The van der Waals surface area contributed by atoms with Crippen LogP contribution in [0.15, 0.2) is 10.9 Å². The number of carbonyl (C=O) groups excluding carboxylic acids is 1. The second kappa shape index (κ2) is 8.00. The summed E-state index contributed by atoms with van der Waals surface area (Å²) in [7, 11) is -2.99. The van der Waals surface area contributed by atoms with Crippen LogP contribution in [-0.2, 0) is 14.6 Å². The van der Waals surface area contributed by atoms with Crippen LogP contribution in [0, 0.1) is 11.8 Å². The molecule has 8 nitrogen and oxygen atoms in total. The highest BCUT2D eigenvalue weighted by Gasteiger charge is 2.30. The van der Waals surface area contributed by atoms with Gasteiger partial charge in [-0.05, 0) is 38.0 Å². The number of rotatable bonds is 5. The minimum absolute atomic E-state index is 0.0790. The number of nitrogens with one attached hydrogen (secondary N) is 2. The van der Waals surface area contributed by atoms with Gasteiger partial charge in [0.1, 0.15) is 0 Å². The van der Waals surface area contributed by atoms with E-state index in [-0.39, 0.29) is 35.3 Å². The van der Waals surface area contributed by atoms with E-state index in [1.165, 1.54) is 6.07 Å². The van der Waals surface area contributed by atoms with Gasteiger partial charge in [0.15, 0.2) is 9.84 Å². The quantitative estimate of drug-likeness (QED) is 0.768. The molecule has 2 aliphatic heterocycles. The molecule has 9 heteroatoms. The van der Waals surface area contributed by atoms with Crippen molar-refractivity contribution in [3.63, 3.8) is 0 Å². The van der Waals surface area contributed by atoms with E-state index in [9.17, 15) is 18.0 Å². The van der Waals surface area contributed by atoms with E-state index in [0.717, 1.165) is 25.9 Å². The molecule has 1 aromatic heterocycles. The van der Waals surface area contributed by atoms with Crippen LogP contribution < -0.4 is 15.8 Å². The molecule has 0 unspecified atom stereocenters. The first-order chi connectivity index (χ1) is 12.7. The SMILES string of the molecule is CC1CCN(c2nc([C@@H](C)NC(=O)C[C@@H]3CCS(=O)(=O)C3)cc(=O)[nH]2)CC1. The topological polar surface area (TPSA) is 112 Å². The smallest absolute Gasteiger partial charge is 0.252 e. The van der Waals surface area contributed by atoms with E-state index >= 15 is 0 Å². The van der Waals surface area contributed by atoms with Crippen molar-refractivity contribution < 1.29 is 13.2 Å². The van der Waals surface area contributed by atoms with Crippen LogP contribution in [0.3, 0.4) is 0 Å². The Morgan fingerprint density at radius 1 is 1.37 bits per heavy atom. The van der Waals surface area contributed by atoms with Crippen molar-refractivity contribution in [3.8, 4) is 0 Å². The largest absolute Gasteiger partial charge is 0.348 e. The molecule has 3 rings (SSSR count). The van der Waals surface area contributed by atoms with E-state index < -0.39 is 15.9 Å². The van der Waals surface area contributed by atoms with Crippen LogP contribution in [-0.4, -0.2) is 48.9 Å². The molecule has 1 amide bonds. The molecule has 0 saturated carbocycles. The van der Waals surface area contributed by atoms with Crippen molar-refractivity contribution in [2.45, 2.75) is 45.6 Å². The molecule has 2 saturated heterocycles. The van der Waals surface area contributed by atoms with E-state index in [4.69, 9.17) is 0 Å². The van der Waals surface area contributed by atoms with Crippen LogP contribution in [0.25, 0.3) is 0 Å². The number of amides is 1. The second-order valence-electron chi connectivity index (χ2n) is 7.93. The van der Waals surface area contributed by atoms with Gasteiger partial charge in [0.05, 0.1) is 23.2 Å². The Bertz CT molecular complexity index is 843. The molecule has 0 spiro atoms. The van der Waals surface area contributed by atoms with Crippen molar-refractivity contribution in [3.05, 3.63) is 22.1 Å². The third-order valence-corrected chi connectivity index (χ3v) is 7.29. The van der Waals surface area contributed by atoms with Crippen molar-refractivity contribution in [1.29, 1.82) is 0 Å². The summed E-state index contributed by atoms with van der Waals surface area (Å²) in [5.74, 6) is 1.13. The number of hydrogen-bond donors (Lipinski definition) is 2. The molecule has 0 radical (unpaired) electrons. The van der Waals surface area contributed by atoms with Gasteiger partial charge in [0.2, 0.25) is 11.9 Å². The highest BCUT2D eigenvalue weighted by Crippen LogP contribution is 2.23. The van der Waals surface area contributed by atoms with Gasteiger partial charge in [-0.15, -0.1) is 0 Å². The standard InChI is InChI=1S/C18H28N4O4S/c1-12-3-6-22(7-4-12)18-20-15(10-17(24)21-18)13(2)19-16(23)9-14-5-8-27(25,26)11-14/h10,12-14H,3-9,11H2,1-2H3,(H,19,23)(H,20,21,24)/t13-,14+/m1/s1. The first kappa shape index (κ1) is 19.9. The van der Waals surface area contributed by atoms with Gasteiger partial charge in [-0.1, -0.05) is 6.92 Å². The molecule has 3 heterocycles. The number of carbonyl (C=O) groups is 1. The van der Waals surface area contributed by atoms with Crippen molar-refractivity contribution in [2.24, 2.45) is 11.8 Å². The maximum Gasteiger partial charge on any atom is 0.252 e. The van der Waals surface area contributed by atoms with Crippen LogP contribution in [0.1, 0.15) is 51.3 Å². The predicted molar refractivity (Wildman–Crippen MR) is 103 cm³/mol. The number of H-pyrrole nitrogens is 1. The van der Waals surface area contributed by atoms with E-state index in [2.05, 4.69) is 27.1 Å². The van der Waals surface area contributed by atoms with Gasteiger partial charge in [-0.25, -0.2) is 13.4 Å². The Morgan fingerprint density at radius 3 is 2.70 bits per heavy atom. The minimum Gasteiger partial charge on any atom is -0.348 e. The predicted octanol–water partition coefficient (Wildman–Crippen LogP) is 1.01. The third-order valence-electron chi connectivity index (χ3n) is 5.45. The zero-order valence-corrected chi connectivity index (χ0v) is 16.7. The zero-order chi connectivity index (χ0) is 19.6. The number of aromatic nitrogens is 2. The lowest BCUT2D eigenvalue weighted by Gasteiger charge is -2.31. The Balaban J connectivity index is 1.63. The van der Waals surface area contributed by atoms with Crippen LogP contribution in [0.5, 0.6) is 0 Å². The average Bonchev–Trinajstić information content (AvgIpc) is 2.93. The maximum absolute atomic E-state index is 12.3. The molecular formula is C18H28N4O4S. The van der Waals surface area contributed by atoms with Crippen molar-refractivity contribution in [2.75, 3.05) is 29.5 Å². The highest BCUT2D eigenvalue weighted by atomic mass is 32.2. The Labute approximate surface area is 159 Å². The van der Waals surface area contributed by atoms with Crippen LogP contribution >= 0.6 is 0 Å². The molecule has 1 aromatic rings. The number of hydrogen-bond acceptors (Lipinski definition) is 6. The summed E-state index contributed by atoms with van der Waals surface area (Å²) in [6, 6.07) is 0.987. The van der Waals surface area contributed by atoms with Gasteiger partial charge in [-0.2, -0.15) is 0 Å². The maximum atomic E-state index is 12.3. The summed E-state index contributed by atoms with van der Waals surface area (Å²) in [5.41, 5.74) is 0.274. The number of aromatic amines is 1. The Kier molecular flexibility index (Phi) is 5.88. The molecule has 27 heavy (non-hydrogen) atoms. The second-order valence-corrected chi connectivity index (χ2v) is 10.2. The molecule has 2 fully saturated rings. The van der Waals surface area contributed by atoms with Crippen LogP contribution in [0.4, 0.5) is 5.95 Å². The zero-order valence-electron chi connectivity index (χ0n) is 15.9.